The lowest BCUT2D eigenvalue weighted by Gasteiger charge is -2.19. The molecule has 0 aromatic heterocycles. The lowest BCUT2D eigenvalue weighted by Crippen LogP contribution is -2.31. The van der Waals surface area contributed by atoms with Gasteiger partial charge in [0, 0.05) is 6.54 Å². The molecule has 62 valence electrons. The van der Waals surface area contributed by atoms with Gasteiger partial charge in [0.2, 0.25) is 0 Å². The molecule has 0 amide bonds. The average molecular weight is 153 g/mol. The third kappa shape index (κ3) is 2.15. The zero-order valence-corrected chi connectivity index (χ0v) is 7.05. The summed E-state index contributed by atoms with van der Waals surface area (Å²) in [6.45, 7) is 7.76. The highest BCUT2D eigenvalue weighted by Gasteiger charge is 2.22. The number of hydrogen-bond acceptors (Lipinski definition) is 2. The lowest BCUT2D eigenvalue weighted by atomic mass is 10.2. The van der Waals surface area contributed by atoms with E-state index < -0.39 is 0 Å². The maximum atomic E-state index is 10.5. The van der Waals surface area contributed by atoms with E-state index in [1.54, 1.807) is 0 Å². The van der Waals surface area contributed by atoms with Crippen molar-refractivity contribution in [1.29, 1.82) is 0 Å². The molecule has 2 nitrogen and oxygen atoms in total. The van der Waals surface area contributed by atoms with Gasteiger partial charge < -0.3 is 4.79 Å². The monoisotopic (exact) mass is 153 g/mol. The number of likely N-dealkylation sites (tertiary alicyclic amines) is 1. The van der Waals surface area contributed by atoms with Gasteiger partial charge in [0.05, 0.1) is 6.04 Å². The number of nitrogens with zero attached hydrogens (tertiary/aromatic N) is 1. The summed E-state index contributed by atoms with van der Waals surface area (Å²) in [5, 5.41) is 0. The fourth-order valence-electron chi connectivity index (χ4n) is 1.55. The number of rotatable bonds is 3. The smallest absolute Gasteiger partial charge is 0.137 e. The Kier molecular flexibility index (Phi) is 2.83. The van der Waals surface area contributed by atoms with Crippen molar-refractivity contribution in [2.45, 2.75) is 25.8 Å². The van der Waals surface area contributed by atoms with Gasteiger partial charge in [0.15, 0.2) is 0 Å². The summed E-state index contributed by atoms with van der Waals surface area (Å²) < 4.78 is 0. The highest BCUT2D eigenvalue weighted by Crippen LogP contribution is 2.15. The van der Waals surface area contributed by atoms with Gasteiger partial charge in [-0.3, -0.25) is 4.90 Å². The number of hydrogen-bond donors (Lipinski definition) is 0. The van der Waals surface area contributed by atoms with Crippen molar-refractivity contribution in [3.63, 3.8) is 0 Å². The SMILES string of the molecule is C=C(C)CN1CCCC1C=O. The van der Waals surface area contributed by atoms with Crippen LogP contribution in [-0.2, 0) is 4.79 Å². The molecule has 1 heterocycles. The van der Waals surface area contributed by atoms with Crippen LogP contribution in [0.1, 0.15) is 19.8 Å². The second-order valence-electron chi connectivity index (χ2n) is 3.27. The standard InChI is InChI=1S/C9H15NO/c1-8(2)6-10-5-3-4-9(10)7-11/h7,9H,1,3-6H2,2H3. The third-order valence-corrected chi connectivity index (χ3v) is 2.04. The van der Waals surface area contributed by atoms with Gasteiger partial charge in [-0.15, -0.1) is 0 Å². The van der Waals surface area contributed by atoms with Gasteiger partial charge >= 0.3 is 0 Å². The molecule has 0 radical (unpaired) electrons. The average Bonchev–Trinajstić information content (AvgIpc) is 2.34. The molecule has 1 rings (SSSR count). The van der Waals surface area contributed by atoms with E-state index in [1.807, 2.05) is 6.92 Å². The van der Waals surface area contributed by atoms with E-state index in [4.69, 9.17) is 0 Å². The van der Waals surface area contributed by atoms with Crippen LogP contribution in [0.3, 0.4) is 0 Å². The fraction of sp³-hybridized carbons (Fsp3) is 0.667. The number of aldehydes is 1. The van der Waals surface area contributed by atoms with Crippen molar-refractivity contribution in [3.05, 3.63) is 12.2 Å². The van der Waals surface area contributed by atoms with Crippen LogP contribution in [0.5, 0.6) is 0 Å². The van der Waals surface area contributed by atoms with E-state index in [9.17, 15) is 4.79 Å². The van der Waals surface area contributed by atoms with Crippen LogP contribution < -0.4 is 0 Å². The Morgan fingerprint density at radius 3 is 3.09 bits per heavy atom. The zero-order chi connectivity index (χ0) is 8.27. The maximum absolute atomic E-state index is 10.5. The van der Waals surface area contributed by atoms with Gasteiger partial charge in [-0.25, -0.2) is 0 Å². The summed E-state index contributed by atoms with van der Waals surface area (Å²) in [5.74, 6) is 0. The van der Waals surface area contributed by atoms with Crippen LogP contribution in [0.15, 0.2) is 12.2 Å². The summed E-state index contributed by atoms with van der Waals surface area (Å²) in [6.07, 6.45) is 3.23. The van der Waals surface area contributed by atoms with E-state index in [-0.39, 0.29) is 6.04 Å². The molecule has 0 bridgehead atoms. The summed E-state index contributed by atoms with van der Waals surface area (Å²) >= 11 is 0. The zero-order valence-electron chi connectivity index (χ0n) is 7.05. The van der Waals surface area contributed by atoms with Gasteiger partial charge in [0.1, 0.15) is 6.29 Å². The Balaban J connectivity index is 2.43. The van der Waals surface area contributed by atoms with Crippen LogP contribution >= 0.6 is 0 Å². The lowest BCUT2D eigenvalue weighted by molar-refractivity contribution is -0.111. The fourth-order valence-corrected chi connectivity index (χ4v) is 1.55. The van der Waals surface area contributed by atoms with Crippen molar-refractivity contribution in [3.8, 4) is 0 Å². The van der Waals surface area contributed by atoms with Crippen molar-refractivity contribution >= 4 is 6.29 Å². The molecule has 1 unspecified atom stereocenters. The predicted molar refractivity (Wildman–Crippen MR) is 45.5 cm³/mol. The van der Waals surface area contributed by atoms with Crippen LogP contribution in [-0.4, -0.2) is 30.3 Å². The second kappa shape index (κ2) is 3.67. The molecule has 1 saturated heterocycles. The van der Waals surface area contributed by atoms with Gasteiger partial charge in [-0.05, 0) is 26.3 Å². The maximum Gasteiger partial charge on any atom is 0.137 e. The molecule has 1 fully saturated rings. The minimum absolute atomic E-state index is 0.159. The topological polar surface area (TPSA) is 20.3 Å². The predicted octanol–water partition coefficient (Wildman–Crippen LogP) is 1.23. The molecule has 0 N–H and O–H groups in total. The summed E-state index contributed by atoms with van der Waals surface area (Å²) in [7, 11) is 0. The van der Waals surface area contributed by atoms with Crippen molar-refractivity contribution < 1.29 is 4.79 Å². The first kappa shape index (κ1) is 8.47. The minimum Gasteiger partial charge on any atom is -0.302 e. The highest BCUT2D eigenvalue weighted by molar-refractivity contribution is 5.58. The molecule has 0 aromatic rings. The number of carbonyl (C=O) groups excluding carboxylic acids is 1. The first-order valence-electron chi connectivity index (χ1n) is 4.08. The van der Waals surface area contributed by atoms with Crippen LogP contribution in [0.2, 0.25) is 0 Å². The molecule has 0 aliphatic carbocycles. The minimum atomic E-state index is 0.159. The van der Waals surface area contributed by atoms with Crippen LogP contribution in [0.4, 0.5) is 0 Å². The molecule has 1 aliphatic heterocycles. The molecule has 1 atom stereocenters. The number of carbonyl (C=O) groups is 1. The molecule has 0 spiro atoms. The third-order valence-electron chi connectivity index (χ3n) is 2.04. The van der Waals surface area contributed by atoms with E-state index in [1.165, 1.54) is 0 Å². The normalized spacial score (nSPS) is 25.4. The van der Waals surface area contributed by atoms with Gasteiger partial charge in [0.25, 0.3) is 0 Å². The summed E-state index contributed by atoms with van der Waals surface area (Å²) in [4.78, 5) is 12.7. The molecule has 2 heteroatoms. The van der Waals surface area contributed by atoms with Crippen molar-refractivity contribution in [2.24, 2.45) is 0 Å². The molecule has 11 heavy (non-hydrogen) atoms. The van der Waals surface area contributed by atoms with Crippen molar-refractivity contribution in [2.75, 3.05) is 13.1 Å². The first-order chi connectivity index (χ1) is 5.24. The molecular formula is C9H15NO. The Morgan fingerprint density at radius 2 is 2.55 bits per heavy atom. The molecule has 0 saturated carbocycles. The van der Waals surface area contributed by atoms with E-state index in [0.29, 0.717) is 0 Å². The molecular weight excluding hydrogens is 138 g/mol. The Hall–Kier alpha value is -0.630. The van der Waals surface area contributed by atoms with Gasteiger partial charge in [-0.2, -0.15) is 0 Å². The van der Waals surface area contributed by atoms with Crippen LogP contribution in [0.25, 0.3) is 0 Å². The second-order valence-corrected chi connectivity index (χ2v) is 3.27. The Morgan fingerprint density at radius 1 is 1.82 bits per heavy atom. The highest BCUT2D eigenvalue weighted by atomic mass is 16.1. The quantitative estimate of drug-likeness (QED) is 0.449. The largest absolute Gasteiger partial charge is 0.302 e. The summed E-state index contributed by atoms with van der Waals surface area (Å²) in [6, 6.07) is 0.159. The van der Waals surface area contributed by atoms with Crippen molar-refractivity contribution in [1.82, 2.24) is 4.90 Å². The molecule has 1 aliphatic rings. The Bertz CT molecular complexity index is 165. The first-order valence-corrected chi connectivity index (χ1v) is 4.08. The van der Waals surface area contributed by atoms with Gasteiger partial charge in [-0.1, -0.05) is 12.2 Å². The molecule has 0 aromatic carbocycles. The summed E-state index contributed by atoms with van der Waals surface area (Å²) in [5.41, 5.74) is 1.14. The van der Waals surface area contributed by atoms with E-state index >= 15 is 0 Å². The Labute approximate surface area is 67.9 Å². The van der Waals surface area contributed by atoms with Crippen LogP contribution in [0, 0.1) is 0 Å². The van der Waals surface area contributed by atoms with E-state index in [0.717, 1.165) is 37.8 Å². The van der Waals surface area contributed by atoms with E-state index in [2.05, 4.69) is 11.5 Å².